The van der Waals surface area contributed by atoms with Crippen LogP contribution in [0.2, 0.25) is 0 Å². The first-order valence-electron chi connectivity index (χ1n) is 7.23. The van der Waals surface area contributed by atoms with E-state index in [0.29, 0.717) is 11.1 Å². The molecule has 2 atom stereocenters. The number of H-pyrrole nitrogens is 1. The van der Waals surface area contributed by atoms with E-state index in [-0.39, 0.29) is 23.4 Å². The van der Waals surface area contributed by atoms with E-state index in [1.54, 1.807) is 18.2 Å². The first-order chi connectivity index (χ1) is 9.93. The normalized spacial score (nSPS) is 14.5. The molecule has 114 valence electrons. The fourth-order valence-corrected chi connectivity index (χ4v) is 2.54. The summed E-state index contributed by atoms with van der Waals surface area (Å²) in [5, 5.41) is 24.9. The number of benzene rings is 1. The van der Waals surface area contributed by atoms with Gasteiger partial charge >= 0.3 is 0 Å². The van der Waals surface area contributed by atoms with Crippen LogP contribution in [0, 0.1) is 0 Å². The first kappa shape index (κ1) is 15.5. The first-order valence-corrected chi connectivity index (χ1v) is 7.23. The highest BCUT2D eigenvalue weighted by atomic mass is 16.3. The van der Waals surface area contributed by atoms with Crippen LogP contribution < -0.4 is 10.9 Å². The predicted molar refractivity (Wildman–Crippen MR) is 83.5 cm³/mol. The molecule has 0 aliphatic rings. The van der Waals surface area contributed by atoms with Gasteiger partial charge in [-0.15, -0.1) is 0 Å². The summed E-state index contributed by atoms with van der Waals surface area (Å²) in [7, 11) is 0. The maximum absolute atomic E-state index is 11.4. The summed E-state index contributed by atoms with van der Waals surface area (Å²) in [6, 6.07) is 6.60. The number of pyridine rings is 1. The number of aromatic nitrogens is 1. The average molecular weight is 290 g/mol. The SMILES string of the molecule is CC[C@H](NC(C)C)[C@H](O)c1ccc2ccc(=O)[nH]c2c1O. The number of phenolic OH excluding ortho intramolecular Hbond substituents is 1. The fourth-order valence-electron chi connectivity index (χ4n) is 2.54. The third kappa shape index (κ3) is 3.25. The molecule has 2 aromatic rings. The van der Waals surface area contributed by atoms with Crippen molar-refractivity contribution in [2.24, 2.45) is 0 Å². The van der Waals surface area contributed by atoms with Crippen molar-refractivity contribution >= 4 is 10.9 Å². The monoisotopic (exact) mass is 290 g/mol. The van der Waals surface area contributed by atoms with Crippen LogP contribution in [0.25, 0.3) is 10.9 Å². The standard InChI is InChI=1S/C16H22N2O3/c1-4-12(17-9(2)3)15(20)11-7-5-10-6-8-13(19)18-14(10)16(11)21/h5-9,12,15,17,20-21H,4H2,1-3H3,(H,18,19)/t12-,15+/m0/s1. The molecule has 1 aromatic carbocycles. The number of aliphatic hydroxyl groups excluding tert-OH is 1. The maximum atomic E-state index is 11.4. The lowest BCUT2D eigenvalue weighted by Crippen LogP contribution is -2.38. The number of hydrogen-bond donors (Lipinski definition) is 4. The number of phenols is 1. The van der Waals surface area contributed by atoms with Crippen molar-refractivity contribution in [2.45, 2.75) is 45.4 Å². The molecule has 2 rings (SSSR count). The Morgan fingerprint density at radius 1 is 1.24 bits per heavy atom. The number of nitrogens with one attached hydrogen (secondary N) is 2. The van der Waals surface area contributed by atoms with Gasteiger partial charge in [0.1, 0.15) is 5.75 Å². The third-order valence-electron chi connectivity index (χ3n) is 3.59. The molecule has 5 nitrogen and oxygen atoms in total. The minimum Gasteiger partial charge on any atom is -0.505 e. The number of hydrogen-bond acceptors (Lipinski definition) is 4. The van der Waals surface area contributed by atoms with Crippen LogP contribution in [0.5, 0.6) is 5.75 Å². The van der Waals surface area contributed by atoms with Gasteiger partial charge in [0.05, 0.1) is 11.6 Å². The molecule has 0 unspecified atom stereocenters. The Labute approximate surface area is 123 Å². The number of fused-ring (bicyclic) bond motifs is 1. The van der Waals surface area contributed by atoms with Crippen molar-refractivity contribution in [1.29, 1.82) is 0 Å². The van der Waals surface area contributed by atoms with Gasteiger partial charge in [0, 0.05) is 29.1 Å². The molecule has 1 heterocycles. The van der Waals surface area contributed by atoms with E-state index in [9.17, 15) is 15.0 Å². The molecule has 0 amide bonds. The van der Waals surface area contributed by atoms with Crippen molar-refractivity contribution < 1.29 is 10.2 Å². The lowest BCUT2D eigenvalue weighted by molar-refractivity contribution is 0.119. The fraction of sp³-hybridized carbons (Fsp3) is 0.438. The van der Waals surface area contributed by atoms with E-state index in [1.165, 1.54) is 6.07 Å². The number of aromatic amines is 1. The number of rotatable bonds is 5. The Kier molecular flexibility index (Phi) is 4.65. The molecular weight excluding hydrogens is 268 g/mol. The van der Waals surface area contributed by atoms with Crippen LogP contribution in [0.1, 0.15) is 38.9 Å². The minimum atomic E-state index is -0.842. The van der Waals surface area contributed by atoms with Gasteiger partial charge in [-0.1, -0.05) is 32.9 Å². The molecule has 0 saturated heterocycles. The zero-order chi connectivity index (χ0) is 15.6. The molecule has 0 fully saturated rings. The highest BCUT2D eigenvalue weighted by Gasteiger charge is 2.23. The van der Waals surface area contributed by atoms with Gasteiger partial charge in [0.25, 0.3) is 0 Å². The van der Waals surface area contributed by atoms with E-state index < -0.39 is 6.10 Å². The van der Waals surface area contributed by atoms with Crippen LogP contribution in [-0.4, -0.2) is 27.3 Å². The second-order valence-corrected chi connectivity index (χ2v) is 5.57. The summed E-state index contributed by atoms with van der Waals surface area (Å²) in [5.41, 5.74) is 0.500. The highest BCUT2D eigenvalue weighted by molar-refractivity contribution is 5.85. The van der Waals surface area contributed by atoms with Crippen molar-refractivity contribution in [3.05, 3.63) is 40.2 Å². The average Bonchev–Trinajstić information content (AvgIpc) is 2.45. The van der Waals surface area contributed by atoms with Gasteiger partial charge in [0.15, 0.2) is 0 Å². The molecule has 0 bridgehead atoms. The van der Waals surface area contributed by atoms with Gasteiger partial charge in [-0.05, 0) is 12.5 Å². The quantitative estimate of drug-likeness (QED) is 0.679. The van der Waals surface area contributed by atoms with Crippen LogP contribution in [0.3, 0.4) is 0 Å². The lowest BCUT2D eigenvalue weighted by atomic mass is 9.97. The Morgan fingerprint density at radius 3 is 2.52 bits per heavy atom. The molecule has 5 heteroatoms. The van der Waals surface area contributed by atoms with Crippen molar-refractivity contribution in [3.63, 3.8) is 0 Å². The van der Waals surface area contributed by atoms with Crippen molar-refractivity contribution in [2.75, 3.05) is 0 Å². The van der Waals surface area contributed by atoms with E-state index in [1.807, 2.05) is 20.8 Å². The van der Waals surface area contributed by atoms with E-state index in [4.69, 9.17) is 0 Å². The second kappa shape index (κ2) is 6.28. The molecule has 0 aliphatic heterocycles. The maximum Gasteiger partial charge on any atom is 0.248 e. The van der Waals surface area contributed by atoms with Crippen molar-refractivity contribution in [3.8, 4) is 5.75 Å². The highest BCUT2D eigenvalue weighted by Crippen LogP contribution is 2.32. The van der Waals surface area contributed by atoms with Crippen LogP contribution in [-0.2, 0) is 0 Å². The Bertz CT molecular complexity index is 679. The topological polar surface area (TPSA) is 85.4 Å². The zero-order valence-electron chi connectivity index (χ0n) is 12.6. The van der Waals surface area contributed by atoms with Gasteiger partial charge in [-0.2, -0.15) is 0 Å². The van der Waals surface area contributed by atoms with Crippen LogP contribution >= 0.6 is 0 Å². The molecule has 0 aliphatic carbocycles. The molecule has 21 heavy (non-hydrogen) atoms. The summed E-state index contributed by atoms with van der Waals surface area (Å²) >= 11 is 0. The van der Waals surface area contributed by atoms with Gasteiger partial charge in [0.2, 0.25) is 5.56 Å². The van der Waals surface area contributed by atoms with Crippen LogP contribution in [0.4, 0.5) is 0 Å². The summed E-state index contributed by atoms with van der Waals surface area (Å²) < 4.78 is 0. The molecule has 1 aromatic heterocycles. The zero-order valence-corrected chi connectivity index (χ0v) is 12.6. The summed E-state index contributed by atoms with van der Waals surface area (Å²) in [6.45, 7) is 5.99. The lowest BCUT2D eigenvalue weighted by Gasteiger charge is -2.26. The van der Waals surface area contributed by atoms with E-state index in [2.05, 4.69) is 10.3 Å². The number of aliphatic hydroxyl groups is 1. The summed E-state index contributed by atoms with van der Waals surface area (Å²) in [6.07, 6.45) is -0.118. The molecular formula is C16H22N2O3. The molecule has 0 spiro atoms. The van der Waals surface area contributed by atoms with Gasteiger partial charge in [-0.25, -0.2) is 0 Å². The molecule has 0 saturated carbocycles. The number of aromatic hydroxyl groups is 1. The molecule has 0 radical (unpaired) electrons. The Balaban J connectivity index is 2.45. The van der Waals surface area contributed by atoms with E-state index >= 15 is 0 Å². The minimum absolute atomic E-state index is 0.0679. The smallest absolute Gasteiger partial charge is 0.248 e. The van der Waals surface area contributed by atoms with Gasteiger partial charge < -0.3 is 20.5 Å². The third-order valence-corrected chi connectivity index (χ3v) is 3.59. The van der Waals surface area contributed by atoms with Crippen LogP contribution in [0.15, 0.2) is 29.1 Å². The predicted octanol–water partition coefficient (Wildman–Crippen LogP) is 2.04. The van der Waals surface area contributed by atoms with Gasteiger partial charge in [-0.3, -0.25) is 4.79 Å². The summed E-state index contributed by atoms with van der Waals surface area (Å²) in [5.74, 6) is -0.0679. The molecule has 4 N–H and O–H groups in total. The second-order valence-electron chi connectivity index (χ2n) is 5.57. The largest absolute Gasteiger partial charge is 0.505 e. The van der Waals surface area contributed by atoms with E-state index in [0.717, 1.165) is 11.8 Å². The Hall–Kier alpha value is -1.85. The Morgan fingerprint density at radius 2 is 1.90 bits per heavy atom. The summed E-state index contributed by atoms with van der Waals surface area (Å²) in [4.78, 5) is 14.0. The van der Waals surface area contributed by atoms with Crippen molar-refractivity contribution in [1.82, 2.24) is 10.3 Å².